The first-order valence-corrected chi connectivity index (χ1v) is 6.52. The van der Waals surface area contributed by atoms with Crippen LogP contribution < -0.4 is 9.47 Å². The van der Waals surface area contributed by atoms with Gasteiger partial charge in [0.1, 0.15) is 22.9 Å². The molecule has 3 aromatic rings. The van der Waals surface area contributed by atoms with E-state index in [0.29, 0.717) is 0 Å². The first kappa shape index (κ1) is 13.2. The molecule has 1 heterocycles. The Labute approximate surface area is 122 Å². The van der Waals surface area contributed by atoms with Gasteiger partial charge in [-0.1, -0.05) is 29.5 Å². The number of aromatic nitrogens is 3. The van der Waals surface area contributed by atoms with Crippen LogP contribution >= 0.6 is 0 Å². The molecule has 21 heavy (non-hydrogen) atoms. The van der Waals surface area contributed by atoms with E-state index in [0.717, 1.165) is 28.4 Å². The summed E-state index contributed by atoms with van der Waals surface area (Å²) in [4.78, 5) is 0. The van der Waals surface area contributed by atoms with Crippen molar-refractivity contribution >= 4 is 0 Å². The van der Waals surface area contributed by atoms with Gasteiger partial charge in [-0.05, 0) is 24.3 Å². The van der Waals surface area contributed by atoms with Crippen molar-refractivity contribution in [1.29, 1.82) is 0 Å². The third-order valence-corrected chi connectivity index (χ3v) is 3.21. The number of para-hydroxylation sites is 3. The molecule has 0 amide bonds. The van der Waals surface area contributed by atoms with E-state index in [1.807, 2.05) is 54.7 Å². The van der Waals surface area contributed by atoms with Gasteiger partial charge < -0.3 is 9.47 Å². The van der Waals surface area contributed by atoms with Crippen LogP contribution in [0.3, 0.4) is 0 Å². The molecule has 0 saturated carbocycles. The van der Waals surface area contributed by atoms with E-state index in [9.17, 15) is 0 Å². The summed E-state index contributed by atoms with van der Waals surface area (Å²) in [5.41, 5.74) is 2.49. The molecule has 0 spiro atoms. The largest absolute Gasteiger partial charge is 0.496 e. The predicted octanol–water partition coefficient (Wildman–Crippen LogP) is 2.95. The van der Waals surface area contributed by atoms with Crippen LogP contribution in [-0.2, 0) is 0 Å². The van der Waals surface area contributed by atoms with E-state index in [1.165, 1.54) is 0 Å². The van der Waals surface area contributed by atoms with Gasteiger partial charge in [0.15, 0.2) is 0 Å². The zero-order valence-corrected chi connectivity index (χ0v) is 11.9. The van der Waals surface area contributed by atoms with Crippen LogP contribution in [-0.4, -0.2) is 29.2 Å². The number of rotatable bonds is 4. The normalized spacial score (nSPS) is 10.4. The van der Waals surface area contributed by atoms with Gasteiger partial charge in [0.05, 0.1) is 20.4 Å². The second-order valence-corrected chi connectivity index (χ2v) is 4.42. The summed E-state index contributed by atoms with van der Waals surface area (Å²) in [6.07, 6.45) is 1.86. The van der Waals surface area contributed by atoms with Gasteiger partial charge >= 0.3 is 0 Å². The highest BCUT2D eigenvalue weighted by Gasteiger charge is 2.11. The monoisotopic (exact) mass is 281 g/mol. The molecule has 0 N–H and O–H groups in total. The lowest BCUT2D eigenvalue weighted by Crippen LogP contribution is -1.98. The predicted molar refractivity (Wildman–Crippen MR) is 79.9 cm³/mol. The van der Waals surface area contributed by atoms with Gasteiger partial charge in [-0.3, -0.25) is 0 Å². The Morgan fingerprint density at radius 1 is 0.857 bits per heavy atom. The Hall–Kier alpha value is -2.82. The first-order valence-electron chi connectivity index (χ1n) is 6.52. The molecule has 5 heteroatoms. The summed E-state index contributed by atoms with van der Waals surface area (Å²) in [5.74, 6) is 1.51. The summed E-state index contributed by atoms with van der Waals surface area (Å²) in [6.45, 7) is 0. The number of ether oxygens (including phenoxy) is 2. The van der Waals surface area contributed by atoms with Gasteiger partial charge in [0.25, 0.3) is 0 Å². The molecule has 0 radical (unpaired) electrons. The van der Waals surface area contributed by atoms with Crippen molar-refractivity contribution in [2.24, 2.45) is 0 Å². The van der Waals surface area contributed by atoms with Crippen molar-refractivity contribution < 1.29 is 9.47 Å². The molecule has 0 aliphatic rings. The standard InChI is InChI=1S/C16H15N3O2/c1-20-15-9-5-3-7-12(15)13-11-19(18-17-13)14-8-4-6-10-16(14)21-2/h3-11H,1-2H3. The topological polar surface area (TPSA) is 49.2 Å². The fraction of sp³-hybridized carbons (Fsp3) is 0.125. The van der Waals surface area contributed by atoms with Crippen LogP contribution in [0.4, 0.5) is 0 Å². The van der Waals surface area contributed by atoms with Crippen LogP contribution in [0.1, 0.15) is 0 Å². The molecule has 1 aromatic heterocycles. The lowest BCUT2D eigenvalue weighted by Gasteiger charge is -2.06. The first-order chi connectivity index (χ1) is 10.3. The lowest BCUT2D eigenvalue weighted by molar-refractivity contribution is 0.411. The number of nitrogens with zero attached hydrogens (tertiary/aromatic N) is 3. The maximum atomic E-state index is 5.36. The molecule has 0 atom stereocenters. The third kappa shape index (κ3) is 2.45. The van der Waals surface area contributed by atoms with Crippen LogP contribution in [0, 0.1) is 0 Å². The van der Waals surface area contributed by atoms with E-state index in [2.05, 4.69) is 10.3 Å². The molecule has 0 unspecified atom stereocenters. The maximum absolute atomic E-state index is 5.36. The molecule has 0 aliphatic carbocycles. The van der Waals surface area contributed by atoms with Crippen molar-refractivity contribution in [3.05, 3.63) is 54.7 Å². The van der Waals surface area contributed by atoms with E-state index >= 15 is 0 Å². The Morgan fingerprint density at radius 3 is 2.29 bits per heavy atom. The molecule has 0 fully saturated rings. The van der Waals surface area contributed by atoms with Crippen molar-refractivity contribution in [3.63, 3.8) is 0 Å². The van der Waals surface area contributed by atoms with Crippen LogP contribution in [0.25, 0.3) is 16.9 Å². The minimum Gasteiger partial charge on any atom is -0.496 e. The van der Waals surface area contributed by atoms with E-state index in [1.54, 1.807) is 18.9 Å². The van der Waals surface area contributed by atoms with Crippen LogP contribution in [0.5, 0.6) is 11.5 Å². The fourth-order valence-corrected chi connectivity index (χ4v) is 2.18. The number of benzene rings is 2. The molecule has 3 rings (SSSR count). The second-order valence-electron chi connectivity index (χ2n) is 4.42. The van der Waals surface area contributed by atoms with Crippen molar-refractivity contribution in [3.8, 4) is 28.4 Å². The van der Waals surface area contributed by atoms with Gasteiger partial charge in [-0.2, -0.15) is 0 Å². The zero-order chi connectivity index (χ0) is 14.7. The Bertz CT molecular complexity index is 691. The summed E-state index contributed by atoms with van der Waals surface area (Å²) in [5, 5.41) is 8.40. The molecule has 0 saturated heterocycles. The minimum absolute atomic E-state index is 0.744. The SMILES string of the molecule is COc1ccccc1-c1cn(-c2ccccc2OC)nn1. The smallest absolute Gasteiger partial charge is 0.144 e. The maximum Gasteiger partial charge on any atom is 0.144 e. The lowest BCUT2D eigenvalue weighted by atomic mass is 10.1. The molecule has 2 aromatic carbocycles. The fourth-order valence-electron chi connectivity index (χ4n) is 2.18. The molecular weight excluding hydrogens is 266 g/mol. The Kier molecular flexibility index (Phi) is 3.55. The average Bonchev–Trinajstić information content (AvgIpc) is 3.04. The summed E-state index contributed by atoms with van der Waals surface area (Å²) in [7, 11) is 3.28. The molecule has 5 nitrogen and oxygen atoms in total. The highest BCUT2D eigenvalue weighted by molar-refractivity contribution is 5.66. The average molecular weight is 281 g/mol. The summed E-state index contributed by atoms with van der Waals surface area (Å²) in [6, 6.07) is 15.4. The van der Waals surface area contributed by atoms with Gasteiger partial charge in [0, 0.05) is 5.56 Å². The van der Waals surface area contributed by atoms with Crippen molar-refractivity contribution in [2.75, 3.05) is 14.2 Å². The molecule has 0 bridgehead atoms. The molecule has 106 valence electrons. The Morgan fingerprint density at radius 2 is 1.52 bits per heavy atom. The highest BCUT2D eigenvalue weighted by Crippen LogP contribution is 2.29. The summed E-state index contributed by atoms with van der Waals surface area (Å²) >= 11 is 0. The van der Waals surface area contributed by atoms with Gasteiger partial charge in [0.2, 0.25) is 0 Å². The Balaban J connectivity index is 2.04. The molecular formula is C16H15N3O2. The second kappa shape index (κ2) is 5.66. The number of hydrogen-bond donors (Lipinski definition) is 0. The quantitative estimate of drug-likeness (QED) is 0.737. The third-order valence-electron chi connectivity index (χ3n) is 3.21. The van der Waals surface area contributed by atoms with E-state index < -0.39 is 0 Å². The van der Waals surface area contributed by atoms with Crippen molar-refractivity contribution in [2.45, 2.75) is 0 Å². The molecule has 0 aliphatic heterocycles. The minimum atomic E-state index is 0.744. The number of methoxy groups -OCH3 is 2. The van der Waals surface area contributed by atoms with Gasteiger partial charge in [-0.25, -0.2) is 4.68 Å². The van der Waals surface area contributed by atoms with Crippen molar-refractivity contribution in [1.82, 2.24) is 15.0 Å². The zero-order valence-electron chi connectivity index (χ0n) is 11.9. The number of hydrogen-bond acceptors (Lipinski definition) is 4. The van der Waals surface area contributed by atoms with Crippen LogP contribution in [0.2, 0.25) is 0 Å². The van der Waals surface area contributed by atoms with E-state index in [4.69, 9.17) is 9.47 Å². The summed E-state index contributed by atoms with van der Waals surface area (Å²) < 4.78 is 12.4. The van der Waals surface area contributed by atoms with Crippen LogP contribution in [0.15, 0.2) is 54.7 Å². The van der Waals surface area contributed by atoms with E-state index in [-0.39, 0.29) is 0 Å². The van der Waals surface area contributed by atoms with Gasteiger partial charge in [-0.15, -0.1) is 5.10 Å². The highest BCUT2D eigenvalue weighted by atomic mass is 16.5.